The van der Waals surface area contributed by atoms with Gasteiger partial charge >= 0.3 is 0 Å². The van der Waals surface area contributed by atoms with Gasteiger partial charge in [0.1, 0.15) is 0 Å². The quantitative estimate of drug-likeness (QED) is 0.755. The van der Waals surface area contributed by atoms with Crippen LogP contribution in [-0.2, 0) is 13.0 Å². The van der Waals surface area contributed by atoms with Crippen LogP contribution in [0.3, 0.4) is 0 Å². The summed E-state index contributed by atoms with van der Waals surface area (Å²) < 4.78 is 1.83. The zero-order valence-corrected chi connectivity index (χ0v) is 17.8. The van der Waals surface area contributed by atoms with Gasteiger partial charge in [0.25, 0.3) is 5.91 Å². The molecule has 0 radical (unpaired) electrons. The largest absolute Gasteiger partial charge is 0.392 e. The fourth-order valence-electron chi connectivity index (χ4n) is 4.97. The molecule has 1 saturated heterocycles. The molecular formula is C24H34N4O2. The van der Waals surface area contributed by atoms with Gasteiger partial charge in [0.05, 0.1) is 12.3 Å². The molecule has 0 unspecified atom stereocenters. The van der Waals surface area contributed by atoms with E-state index < -0.39 is 0 Å². The summed E-state index contributed by atoms with van der Waals surface area (Å²) in [5.41, 5.74) is 1.61. The number of piperidine rings is 1. The van der Waals surface area contributed by atoms with Crippen LogP contribution >= 0.6 is 0 Å². The van der Waals surface area contributed by atoms with Crippen LogP contribution in [-0.4, -0.2) is 50.1 Å². The fraction of sp³-hybridized carbons (Fsp3) is 0.625. The average molecular weight is 411 g/mol. The highest BCUT2D eigenvalue weighted by Crippen LogP contribution is 2.27. The Labute approximate surface area is 179 Å². The Morgan fingerprint density at radius 1 is 1.07 bits per heavy atom. The number of likely N-dealkylation sites (tertiary alicyclic amines) is 1. The Morgan fingerprint density at radius 3 is 2.53 bits per heavy atom. The van der Waals surface area contributed by atoms with Crippen LogP contribution in [0.5, 0.6) is 0 Å². The summed E-state index contributed by atoms with van der Waals surface area (Å²) in [6.07, 6.45) is 11.6. The topological polar surface area (TPSA) is 71.2 Å². The molecule has 30 heavy (non-hydrogen) atoms. The lowest BCUT2D eigenvalue weighted by atomic mass is 9.87. The van der Waals surface area contributed by atoms with Crippen LogP contribution in [0.15, 0.2) is 36.5 Å². The number of rotatable bonds is 7. The Balaban J connectivity index is 1.23. The summed E-state index contributed by atoms with van der Waals surface area (Å²) in [6.45, 7) is 2.19. The lowest BCUT2D eigenvalue weighted by Gasteiger charge is -2.34. The molecule has 1 saturated carbocycles. The molecule has 1 aliphatic heterocycles. The van der Waals surface area contributed by atoms with Gasteiger partial charge in [-0.1, -0.05) is 67.6 Å². The molecule has 1 aromatic heterocycles. The third kappa shape index (κ3) is 5.48. The summed E-state index contributed by atoms with van der Waals surface area (Å²) in [6, 6.07) is 10.1. The van der Waals surface area contributed by atoms with E-state index in [-0.39, 0.29) is 17.9 Å². The van der Waals surface area contributed by atoms with Crippen molar-refractivity contribution in [1.29, 1.82) is 0 Å². The van der Waals surface area contributed by atoms with E-state index in [4.69, 9.17) is 0 Å². The number of aryl methyl sites for hydroxylation is 1. The second kappa shape index (κ2) is 10.2. The number of carbonyl (C=O) groups is 1. The number of carbonyl (C=O) groups excluding carboxylic acids is 1. The Hall–Kier alpha value is -2.21. The highest BCUT2D eigenvalue weighted by Gasteiger charge is 2.29. The van der Waals surface area contributed by atoms with E-state index in [9.17, 15) is 9.90 Å². The van der Waals surface area contributed by atoms with E-state index in [1.165, 1.54) is 32.1 Å². The number of hydrogen-bond acceptors (Lipinski definition) is 4. The van der Waals surface area contributed by atoms with Crippen LogP contribution in [0, 0.1) is 11.8 Å². The van der Waals surface area contributed by atoms with Crippen LogP contribution in [0.4, 0.5) is 0 Å². The van der Waals surface area contributed by atoms with Crippen molar-refractivity contribution in [2.75, 3.05) is 13.1 Å². The molecule has 1 aliphatic carbocycles. The van der Waals surface area contributed by atoms with Crippen molar-refractivity contribution in [3.63, 3.8) is 0 Å². The first-order valence-corrected chi connectivity index (χ1v) is 11.6. The number of benzene rings is 1. The average Bonchev–Trinajstić information content (AvgIpc) is 3.28. The fourth-order valence-corrected chi connectivity index (χ4v) is 4.97. The van der Waals surface area contributed by atoms with E-state index in [2.05, 4.69) is 22.4 Å². The minimum Gasteiger partial charge on any atom is -0.392 e. The molecule has 2 fully saturated rings. The molecular weight excluding hydrogens is 376 g/mol. The Kier molecular flexibility index (Phi) is 7.16. The zero-order valence-electron chi connectivity index (χ0n) is 17.8. The summed E-state index contributed by atoms with van der Waals surface area (Å²) in [4.78, 5) is 14.7. The van der Waals surface area contributed by atoms with E-state index >= 15 is 0 Å². The molecule has 0 bridgehead atoms. The van der Waals surface area contributed by atoms with Crippen LogP contribution in [0.1, 0.15) is 67.4 Å². The highest BCUT2D eigenvalue weighted by atomic mass is 16.3. The van der Waals surface area contributed by atoms with Crippen LogP contribution < -0.4 is 0 Å². The van der Waals surface area contributed by atoms with Crippen molar-refractivity contribution >= 4 is 5.91 Å². The number of hydrogen-bond donors (Lipinski definition) is 1. The summed E-state index contributed by atoms with van der Waals surface area (Å²) in [5.74, 6) is 0.999. The first-order valence-electron chi connectivity index (χ1n) is 11.6. The number of aromatic nitrogens is 3. The van der Waals surface area contributed by atoms with Gasteiger partial charge in [-0.15, -0.1) is 5.10 Å². The molecule has 6 heteroatoms. The first-order chi connectivity index (χ1) is 14.7. The lowest BCUT2D eigenvalue weighted by Crippen LogP contribution is -2.41. The van der Waals surface area contributed by atoms with Crippen LogP contribution in [0.25, 0.3) is 0 Å². The van der Waals surface area contributed by atoms with Crippen molar-refractivity contribution in [1.82, 2.24) is 19.9 Å². The van der Waals surface area contributed by atoms with E-state index in [0.29, 0.717) is 25.2 Å². The van der Waals surface area contributed by atoms with Gasteiger partial charge in [-0.25, -0.2) is 0 Å². The molecule has 162 valence electrons. The van der Waals surface area contributed by atoms with E-state index in [0.717, 1.165) is 37.3 Å². The third-order valence-electron chi connectivity index (χ3n) is 6.91. The van der Waals surface area contributed by atoms with Gasteiger partial charge < -0.3 is 10.0 Å². The van der Waals surface area contributed by atoms with Crippen molar-refractivity contribution in [2.24, 2.45) is 11.8 Å². The molecule has 6 nitrogen and oxygen atoms in total. The predicted octanol–water partition coefficient (Wildman–Crippen LogP) is 3.70. The SMILES string of the molecule is O=C(c1cn(CCC2CCCCC2)nn1)N1CCC([C@@H](O)Cc2ccccc2)CC1. The minimum absolute atomic E-state index is 0.0325. The number of amides is 1. The smallest absolute Gasteiger partial charge is 0.276 e. The third-order valence-corrected chi connectivity index (χ3v) is 6.91. The predicted molar refractivity (Wildman–Crippen MR) is 116 cm³/mol. The van der Waals surface area contributed by atoms with Crippen LogP contribution in [0.2, 0.25) is 0 Å². The number of aliphatic hydroxyl groups excluding tert-OH is 1. The maximum Gasteiger partial charge on any atom is 0.276 e. The molecule has 2 aromatic rings. The van der Waals surface area contributed by atoms with Gasteiger partial charge in [0, 0.05) is 19.6 Å². The summed E-state index contributed by atoms with van der Waals surface area (Å²) >= 11 is 0. The normalized spacial score (nSPS) is 19.7. The molecule has 2 aliphatic rings. The van der Waals surface area contributed by atoms with E-state index in [1.54, 1.807) is 0 Å². The Morgan fingerprint density at radius 2 is 1.80 bits per heavy atom. The van der Waals surface area contributed by atoms with Crippen molar-refractivity contribution in [3.8, 4) is 0 Å². The van der Waals surface area contributed by atoms with Crippen molar-refractivity contribution < 1.29 is 9.90 Å². The van der Waals surface area contributed by atoms with Crippen molar-refractivity contribution in [2.45, 2.75) is 70.4 Å². The standard InChI is InChI=1S/C24H34N4O2/c29-23(17-20-9-5-2-6-10-20)21-12-14-27(15-13-21)24(30)22-18-28(26-25-22)16-11-19-7-3-1-4-8-19/h2,5-6,9-10,18-19,21,23,29H,1,3-4,7-8,11-17H2/t23-/m0/s1. The molecule has 0 spiro atoms. The maximum atomic E-state index is 12.8. The van der Waals surface area contributed by atoms with Gasteiger partial charge in [-0.2, -0.15) is 0 Å². The minimum atomic E-state index is -0.356. The molecule has 1 amide bonds. The molecule has 1 atom stereocenters. The molecule has 1 aromatic carbocycles. The van der Waals surface area contributed by atoms with Gasteiger partial charge in [0.15, 0.2) is 5.69 Å². The van der Waals surface area contributed by atoms with Crippen molar-refractivity contribution in [3.05, 3.63) is 47.8 Å². The number of nitrogens with zero attached hydrogens (tertiary/aromatic N) is 4. The van der Waals surface area contributed by atoms with Gasteiger partial charge in [0.2, 0.25) is 0 Å². The molecule has 1 N–H and O–H groups in total. The first kappa shape index (κ1) is 21.0. The molecule has 4 rings (SSSR count). The monoisotopic (exact) mass is 410 g/mol. The maximum absolute atomic E-state index is 12.8. The zero-order chi connectivity index (χ0) is 20.8. The summed E-state index contributed by atoms with van der Waals surface area (Å²) in [5, 5.41) is 18.9. The lowest BCUT2D eigenvalue weighted by molar-refractivity contribution is 0.0463. The molecule has 2 heterocycles. The second-order valence-electron chi connectivity index (χ2n) is 9.05. The van der Waals surface area contributed by atoms with Gasteiger partial charge in [-0.3, -0.25) is 9.48 Å². The number of aliphatic hydroxyl groups is 1. The highest BCUT2D eigenvalue weighted by molar-refractivity contribution is 5.91. The van der Waals surface area contributed by atoms with Gasteiger partial charge in [-0.05, 0) is 43.1 Å². The second-order valence-corrected chi connectivity index (χ2v) is 9.05. The Bertz CT molecular complexity index is 793. The van der Waals surface area contributed by atoms with E-state index in [1.807, 2.05) is 34.0 Å². The summed E-state index contributed by atoms with van der Waals surface area (Å²) in [7, 11) is 0.